The van der Waals surface area contributed by atoms with Gasteiger partial charge in [0.2, 0.25) is 0 Å². The summed E-state index contributed by atoms with van der Waals surface area (Å²) in [6.45, 7) is 4.88. The van der Waals surface area contributed by atoms with E-state index in [4.69, 9.17) is 4.74 Å². The second kappa shape index (κ2) is 11.0. The Morgan fingerprint density at radius 3 is 1.96 bits per heavy atom. The molecule has 0 radical (unpaired) electrons. The fourth-order valence-electron chi connectivity index (χ4n) is 5.47. The van der Waals surface area contributed by atoms with E-state index in [1.807, 2.05) is 19.1 Å². The molecule has 0 N–H and O–H groups in total. The van der Waals surface area contributed by atoms with Crippen LogP contribution in [0.2, 0.25) is 0 Å². The average Bonchev–Trinajstić information content (AvgIpc) is 2.77. The molecule has 156 valence electrons. The van der Waals surface area contributed by atoms with E-state index in [9.17, 15) is 4.79 Å². The zero-order chi connectivity index (χ0) is 19.8. The van der Waals surface area contributed by atoms with Crippen molar-refractivity contribution in [1.82, 2.24) is 0 Å². The first-order chi connectivity index (χ1) is 13.7. The molecule has 2 saturated carbocycles. The zero-order valence-electron chi connectivity index (χ0n) is 18.1. The molecule has 0 aromatic heterocycles. The molecule has 3 rings (SSSR count). The summed E-state index contributed by atoms with van der Waals surface area (Å²) >= 11 is 0. The third kappa shape index (κ3) is 6.09. The summed E-state index contributed by atoms with van der Waals surface area (Å²) in [6, 6.07) is 8.08. The monoisotopic (exact) mass is 384 g/mol. The van der Waals surface area contributed by atoms with Gasteiger partial charge in [-0.25, -0.2) is 4.79 Å². The van der Waals surface area contributed by atoms with Gasteiger partial charge in [0.15, 0.2) is 0 Å². The third-order valence-corrected chi connectivity index (χ3v) is 7.50. The van der Waals surface area contributed by atoms with Crippen molar-refractivity contribution in [3.63, 3.8) is 0 Å². The first kappa shape index (κ1) is 21.4. The van der Waals surface area contributed by atoms with Crippen molar-refractivity contribution in [3.05, 3.63) is 35.4 Å². The Balaban J connectivity index is 1.37. The molecular weight excluding hydrogens is 344 g/mol. The van der Waals surface area contributed by atoms with E-state index in [-0.39, 0.29) is 5.97 Å². The Morgan fingerprint density at radius 2 is 1.43 bits per heavy atom. The maximum atomic E-state index is 11.9. The minimum absolute atomic E-state index is 0.195. The molecule has 1 aromatic rings. The first-order valence-corrected chi connectivity index (χ1v) is 12.0. The van der Waals surface area contributed by atoms with E-state index in [0.717, 1.165) is 36.5 Å². The summed E-state index contributed by atoms with van der Waals surface area (Å²) < 4.78 is 5.21. The topological polar surface area (TPSA) is 26.3 Å². The molecule has 0 aliphatic heterocycles. The van der Waals surface area contributed by atoms with Gasteiger partial charge in [-0.05, 0) is 86.3 Å². The number of esters is 1. The van der Waals surface area contributed by atoms with Gasteiger partial charge in [-0.15, -0.1) is 0 Å². The number of ether oxygens (including phenoxy) is 1. The van der Waals surface area contributed by atoms with Crippen molar-refractivity contribution >= 4 is 5.97 Å². The van der Waals surface area contributed by atoms with Crippen LogP contribution in [0.1, 0.15) is 100 Å². The molecule has 0 amide bonds. The molecule has 0 saturated heterocycles. The predicted molar refractivity (Wildman–Crippen MR) is 117 cm³/mol. The Hall–Kier alpha value is -1.31. The molecule has 2 aliphatic carbocycles. The normalized spacial score (nSPS) is 28.1. The van der Waals surface area contributed by atoms with Crippen LogP contribution in [-0.4, -0.2) is 12.6 Å². The van der Waals surface area contributed by atoms with E-state index in [1.54, 1.807) is 0 Å². The minimum atomic E-state index is -0.195. The van der Waals surface area contributed by atoms with Gasteiger partial charge in [-0.3, -0.25) is 0 Å². The van der Waals surface area contributed by atoms with Gasteiger partial charge in [0.05, 0.1) is 12.2 Å². The van der Waals surface area contributed by atoms with Crippen LogP contribution in [0.25, 0.3) is 0 Å². The van der Waals surface area contributed by atoms with Crippen molar-refractivity contribution < 1.29 is 9.53 Å². The number of hydrogen-bond donors (Lipinski definition) is 0. The molecule has 0 bridgehead atoms. The first-order valence-electron chi connectivity index (χ1n) is 12.0. The van der Waals surface area contributed by atoms with Crippen molar-refractivity contribution in [1.29, 1.82) is 0 Å². The predicted octanol–water partition coefficient (Wildman–Crippen LogP) is 7.21. The molecule has 2 aliphatic rings. The molecule has 0 atom stereocenters. The SMILES string of the molecule is CCCOC(=O)c1ccc(CCC2CCC([C@H]3CC[C@H](CC)CC3)CC2)cc1. The van der Waals surface area contributed by atoms with Gasteiger partial charge in [-0.2, -0.15) is 0 Å². The highest BCUT2D eigenvalue weighted by Crippen LogP contribution is 2.42. The van der Waals surface area contributed by atoms with Crippen molar-refractivity contribution in [2.24, 2.45) is 23.7 Å². The minimum Gasteiger partial charge on any atom is -0.462 e. The van der Waals surface area contributed by atoms with Crippen LogP contribution in [0.5, 0.6) is 0 Å². The van der Waals surface area contributed by atoms with Gasteiger partial charge in [0, 0.05) is 0 Å². The number of carbonyl (C=O) groups is 1. The lowest BCUT2D eigenvalue weighted by Crippen LogP contribution is -2.25. The van der Waals surface area contributed by atoms with Crippen LogP contribution in [0.3, 0.4) is 0 Å². The number of carbonyl (C=O) groups excluding carboxylic acids is 1. The van der Waals surface area contributed by atoms with E-state index in [0.29, 0.717) is 12.2 Å². The van der Waals surface area contributed by atoms with Gasteiger partial charge in [-0.1, -0.05) is 58.1 Å². The van der Waals surface area contributed by atoms with Gasteiger partial charge < -0.3 is 4.74 Å². The molecule has 0 unspecified atom stereocenters. The number of aryl methyl sites for hydroxylation is 1. The zero-order valence-corrected chi connectivity index (χ0v) is 18.1. The van der Waals surface area contributed by atoms with Crippen molar-refractivity contribution in [3.8, 4) is 0 Å². The van der Waals surface area contributed by atoms with Crippen molar-refractivity contribution in [2.45, 2.75) is 90.9 Å². The Morgan fingerprint density at radius 1 is 0.857 bits per heavy atom. The molecule has 1 aromatic carbocycles. The van der Waals surface area contributed by atoms with Crippen LogP contribution in [0.4, 0.5) is 0 Å². The van der Waals surface area contributed by atoms with Crippen LogP contribution < -0.4 is 0 Å². The summed E-state index contributed by atoms with van der Waals surface area (Å²) in [7, 11) is 0. The lowest BCUT2D eigenvalue weighted by atomic mass is 9.68. The van der Waals surface area contributed by atoms with Gasteiger partial charge in [0.1, 0.15) is 0 Å². The van der Waals surface area contributed by atoms with Crippen LogP contribution >= 0.6 is 0 Å². The summed E-state index contributed by atoms with van der Waals surface area (Å²) in [4.78, 5) is 11.9. The largest absolute Gasteiger partial charge is 0.462 e. The van der Waals surface area contributed by atoms with Gasteiger partial charge in [0.25, 0.3) is 0 Å². The summed E-state index contributed by atoms with van der Waals surface area (Å²) in [6.07, 6.45) is 16.5. The van der Waals surface area contributed by atoms with Crippen LogP contribution in [-0.2, 0) is 11.2 Å². The summed E-state index contributed by atoms with van der Waals surface area (Å²) in [5.41, 5.74) is 2.03. The Labute approximate surface area is 172 Å². The van der Waals surface area contributed by atoms with E-state index in [2.05, 4.69) is 19.1 Å². The second-order valence-electron chi connectivity index (χ2n) is 9.34. The van der Waals surface area contributed by atoms with Gasteiger partial charge >= 0.3 is 5.97 Å². The smallest absolute Gasteiger partial charge is 0.338 e. The molecular formula is C26H40O2. The third-order valence-electron chi connectivity index (χ3n) is 7.50. The molecule has 0 spiro atoms. The molecule has 2 fully saturated rings. The van der Waals surface area contributed by atoms with Crippen molar-refractivity contribution in [2.75, 3.05) is 6.61 Å². The maximum absolute atomic E-state index is 11.9. The Bertz CT molecular complexity index is 575. The quantitative estimate of drug-likeness (QED) is 0.443. The fraction of sp³-hybridized carbons (Fsp3) is 0.731. The Kier molecular flexibility index (Phi) is 8.43. The highest BCUT2D eigenvalue weighted by molar-refractivity contribution is 5.89. The second-order valence-corrected chi connectivity index (χ2v) is 9.34. The number of benzene rings is 1. The number of hydrogen-bond acceptors (Lipinski definition) is 2. The highest BCUT2D eigenvalue weighted by Gasteiger charge is 2.30. The van der Waals surface area contributed by atoms with Crippen LogP contribution in [0, 0.1) is 23.7 Å². The van der Waals surface area contributed by atoms with E-state index >= 15 is 0 Å². The number of rotatable bonds is 8. The van der Waals surface area contributed by atoms with E-state index in [1.165, 1.54) is 69.8 Å². The fourth-order valence-corrected chi connectivity index (χ4v) is 5.47. The molecule has 2 heteroatoms. The summed E-state index contributed by atoms with van der Waals surface area (Å²) in [5, 5.41) is 0. The highest BCUT2D eigenvalue weighted by atomic mass is 16.5. The average molecular weight is 385 g/mol. The molecule has 0 heterocycles. The summed E-state index contributed by atoms with van der Waals surface area (Å²) in [5.74, 6) is 3.77. The standard InChI is InChI=1S/C26H40O2/c1-3-19-28-26(27)25-17-11-22(12-18-25)6-5-21-9-15-24(16-10-21)23-13-7-20(4-2)8-14-23/h11-12,17-18,20-21,23-24H,3-10,13-16,19H2,1-2H3/t20-,21?,23-,24?. The van der Waals surface area contributed by atoms with Crippen LogP contribution in [0.15, 0.2) is 24.3 Å². The lowest BCUT2D eigenvalue weighted by Gasteiger charge is -2.37. The van der Waals surface area contributed by atoms with E-state index < -0.39 is 0 Å². The lowest BCUT2D eigenvalue weighted by molar-refractivity contribution is 0.0505. The maximum Gasteiger partial charge on any atom is 0.338 e. The molecule has 2 nitrogen and oxygen atoms in total. The molecule has 28 heavy (non-hydrogen) atoms.